The quantitative estimate of drug-likeness (QED) is 0.207. The maximum absolute atomic E-state index is 13.8. The number of anilines is 1. The average Bonchev–Trinajstić information content (AvgIpc) is 3.42. The Morgan fingerprint density at radius 3 is 2.38 bits per heavy atom. The van der Waals surface area contributed by atoms with E-state index in [4.69, 9.17) is 23.2 Å². The molecule has 0 aliphatic carbocycles. The number of nitrogens with zero attached hydrogens (tertiary/aromatic N) is 3. The molecule has 2 heterocycles. The molecule has 208 valence electrons. The summed E-state index contributed by atoms with van der Waals surface area (Å²) < 4.78 is 15.5. The van der Waals surface area contributed by atoms with Crippen molar-refractivity contribution >= 4 is 45.8 Å². The molecule has 6 aromatic rings. The van der Waals surface area contributed by atoms with Crippen molar-refractivity contribution in [2.75, 3.05) is 5.32 Å². The first-order valence-corrected chi connectivity index (χ1v) is 13.7. The van der Waals surface area contributed by atoms with Gasteiger partial charge < -0.3 is 15.0 Å². The lowest BCUT2D eigenvalue weighted by atomic mass is 9.82. The summed E-state index contributed by atoms with van der Waals surface area (Å²) in [5, 5.41) is 17.0. The van der Waals surface area contributed by atoms with Crippen LogP contribution in [-0.2, 0) is 12.6 Å². The summed E-state index contributed by atoms with van der Waals surface area (Å²) in [6.45, 7) is 0. The molecule has 1 unspecified atom stereocenters. The first-order valence-electron chi connectivity index (χ1n) is 13.0. The van der Waals surface area contributed by atoms with Crippen LogP contribution in [0.3, 0.4) is 0 Å². The highest BCUT2D eigenvalue weighted by atomic mass is 35.5. The summed E-state index contributed by atoms with van der Waals surface area (Å²) >= 11 is 12.5. The lowest BCUT2D eigenvalue weighted by molar-refractivity contribution is 0.102. The van der Waals surface area contributed by atoms with E-state index in [1.165, 1.54) is 18.2 Å². The van der Waals surface area contributed by atoms with Crippen LogP contribution in [0, 0.1) is 5.82 Å². The Bertz CT molecular complexity index is 1960. The number of benzene rings is 4. The first kappa shape index (κ1) is 27.6. The SMILES string of the molecule is Cn1cncc1C(O)(c1ccc(Cl)cc1)c1ccc2nc(NC(=O)c3cccc(F)c3)cc(-c3cccc(Cl)c3)c2c1. The van der Waals surface area contributed by atoms with Gasteiger partial charge in [-0.3, -0.25) is 4.79 Å². The summed E-state index contributed by atoms with van der Waals surface area (Å²) in [7, 11) is 1.82. The number of pyridine rings is 1. The van der Waals surface area contributed by atoms with E-state index in [1.807, 2.05) is 31.3 Å². The molecule has 2 N–H and O–H groups in total. The van der Waals surface area contributed by atoms with E-state index in [-0.39, 0.29) is 11.4 Å². The number of fused-ring (bicyclic) bond motifs is 1. The molecule has 1 amide bonds. The van der Waals surface area contributed by atoms with Crippen LogP contribution in [0.5, 0.6) is 0 Å². The van der Waals surface area contributed by atoms with Crippen LogP contribution in [0.2, 0.25) is 10.0 Å². The number of nitrogens with one attached hydrogen (secondary N) is 1. The van der Waals surface area contributed by atoms with Gasteiger partial charge in [-0.25, -0.2) is 14.4 Å². The number of hydrogen-bond acceptors (Lipinski definition) is 4. The second-order valence-corrected chi connectivity index (χ2v) is 10.7. The monoisotopic (exact) mass is 596 g/mol. The Morgan fingerprint density at radius 1 is 0.905 bits per heavy atom. The highest BCUT2D eigenvalue weighted by Crippen LogP contribution is 2.40. The van der Waals surface area contributed by atoms with Crippen LogP contribution in [0.1, 0.15) is 27.2 Å². The highest BCUT2D eigenvalue weighted by Gasteiger charge is 2.37. The van der Waals surface area contributed by atoms with Gasteiger partial charge in [0.05, 0.1) is 23.7 Å². The Hall–Kier alpha value is -4.56. The minimum absolute atomic E-state index is 0.167. The zero-order valence-corrected chi connectivity index (χ0v) is 23.7. The summed E-state index contributed by atoms with van der Waals surface area (Å²) in [5.74, 6) is -0.731. The van der Waals surface area contributed by atoms with E-state index in [1.54, 1.807) is 65.6 Å². The van der Waals surface area contributed by atoms with Crippen molar-refractivity contribution in [1.29, 1.82) is 0 Å². The fourth-order valence-electron chi connectivity index (χ4n) is 5.09. The van der Waals surface area contributed by atoms with Gasteiger partial charge in [0.15, 0.2) is 5.60 Å². The van der Waals surface area contributed by atoms with Gasteiger partial charge in [-0.05, 0) is 82.9 Å². The zero-order valence-electron chi connectivity index (χ0n) is 22.2. The van der Waals surface area contributed by atoms with Gasteiger partial charge in [0.25, 0.3) is 5.91 Å². The molecule has 6 rings (SSSR count). The van der Waals surface area contributed by atoms with Crippen molar-refractivity contribution < 1.29 is 14.3 Å². The highest BCUT2D eigenvalue weighted by molar-refractivity contribution is 6.31. The van der Waals surface area contributed by atoms with Crippen molar-refractivity contribution in [2.24, 2.45) is 7.05 Å². The van der Waals surface area contributed by atoms with Crippen LogP contribution in [0.25, 0.3) is 22.0 Å². The molecule has 0 radical (unpaired) electrons. The maximum Gasteiger partial charge on any atom is 0.256 e. The number of aromatic nitrogens is 3. The van der Waals surface area contributed by atoms with E-state index in [9.17, 15) is 14.3 Å². The molecular weight excluding hydrogens is 574 g/mol. The summed E-state index contributed by atoms with van der Waals surface area (Å²) in [4.78, 5) is 21.9. The van der Waals surface area contributed by atoms with E-state index >= 15 is 0 Å². The van der Waals surface area contributed by atoms with Gasteiger partial charge in [0.2, 0.25) is 0 Å². The lowest BCUT2D eigenvalue weighted by Crippen LogP contribution is -2.31. The number of aliphatic hydroxyl groups is 1. The molecule has 2 aromatic heterocycles. The van der Waals surface area contributed by atoms with Crippen molar-refractivity contribution in [1.82, 2.24) is 14.5 Å². The molecular formula is C33H23Cl2FN4O2. The van der Waals surface area contributed by atoms with Gasteiger partial charge in [-0.2, -0.15) is 0 Å². The number of carbonyl (C=O) groups is 1. The topological polar surface area (TPSA) is 80.0 Å². The third-order valence-corrected chi connectivity index (χ3v) is 7.63. The number of rotatable bonds is 6. The molecule has 0 aliphatic rings. The molecule has 1 atom stereocenters. The summed E-state index contributed by atoms with van der Waals surface area (Å²) in [6.07, 6.45) is 3.25. The van der Waals surface area contributed by atoms with Crippen molar-refractivity contribution in [3.8, 4) is 11.1 Å². The molecule has 4 aromatic carbocycles. The molecule has 0 saturated carbocycles. The Kier molecular flexibility index (Phi) is 7.24. The second-order valence-electron chi connectivity index (χ2n) is 9.87. The molecule has 0 saturated heterocycles. The van der Waals surface area contributed by atoms with Crippen LogP contribution in [-0.4, -0.2) is 25.5 Å². The standard InChI is InChI=1S/C33H23Cl2FN4O2/c1-40-19-37-18-30(40)33(42,22-8-11-24(34)12-9-22)23-10-13-29-28(16-23)27(20-4-2-6-25(35)14-20)17-31(38-29)39-32(41)21-5-3-7-26(36)15-21/h2-19,42H,1H3,(H,38,39,41). The minimum atomic E-state index is -1.58. The molecule has 0 fully saturated rings. The van der Waals surface area contributed by atoms with E-state index in [0.29, 0.717) is 37.8 Å². The fourth-order valence-corrected chi connectivity index (χ4v) is 5.40. The number of carbonyl (C=O) groups excluding carboxylic acids is 1. The van der Waals surface area contributed by atoms with E-state index in [2.05, 4.69) is 15.3 Å². The molecule has 9 heteroatoms. The Balaban J connectivity index is 1.54. The Labute approximate surface area is 251 Å². The summed E-state index contributed by atoms with van der Waals surface area (Å²) in [5.41, 5.74) is 2.38. The van der Waals surface area contributed by atoms with E-state index < -0.39 is 17.3 Å². The zero-order chi connectivity index (χ0) is 29.4. The average molecular weight is 597 g/mol. The van der Waals surface area contributed by atoms with Gasteiger partial charge in [-0.1, -0.05) is 59.6 Å². The van der Waals surface area contributed by atoms with Gasteiger partial charge >= 0.3 is 0 Å². The van der Waals surface area contributed by atoms with Crippen LogP contribution < -0.4 is 5.32 Å². The van der Waals surface area contributed by atoms with Crippen molar-refractivity contribution in [2.45, 2.75) is 5.60 Å². The van der Waals surface area contributed by atoms with Gasteiger partial charge in [-0.15, -0.1) is 0 Å². The first-order chi connectivity index (χ1) is 20.2. The predicted octanol–water partition coefficient (Wildman–Crippen LogP) is 7.62. The van der Waals surface area contributed by atoms with Crippen molar-refractivity contribution in [3.05, 3.63) is 148 Å². The maximum atomic E-state index is 13.8. The number of amides is 1. The van der Waals surface area contributed by atoms with Gasteiger partial charge in [0.1, 0.15) is 11.6 Å². The van der Waals surface area contributed by atoms with Crippen molar-refractivity contribution in [3.63, 3.8) is 0 Å². The number of imidazole rings is 1. The number of halogens is 3. The Morgan fingerprint density at radius 2 is 1.67 bits per heavy atom. The number of hydrogen-bond donors (Lipinski definition) is 2. The van der Waals surface area contributed by atoms with Crippen LogP contribution >= 0.6 is 23.2 Å². The lowest BCUT2D eigenvalue weighted by Gasteiger charge is -2.30. The predicted molar refractivity (Wildman–Crippen MR) is 163 cm³/mol. The minimum Gasteiger partial charge on any atom is -0.374 e. The number of aryl methyl sites for hydroxylation is 1. The largest absolute Gasteiger partial charge is 0.374 e. The summed E-state index contributed by atoms with van der Waals surface area (Å²) in [6, 6.07) is 27.0. The molecule has 0 bridgehead atoms. The fraction of sp³-hybridized carbons (Fsp3) is 0.0606. The smallest absolute Gasteiger partial charge is 0.256 e. The third-order valence-electron chi connectivity index (χ3n) is 7.14. The van der Waals surface area contributed by atoms with E-state index in [0.717, 1.165) is 17.2 Å². The molecule has 6 nitrogen and oxygen atoms in total. The third kappa shape index (κ3) is 5.14. The molecule has 0 spiro atoms. The van der Waals surface area contributed by atoms with Crippen LogP contribution in [0.4, 0.5) is 10.2 Å². The normalized spacial score (nSPS) is 12.7. The van der Waals surface area contributed by atoms with Gasteiger partial charge in [0, 0.05) is 28.0 Å². The molecule has 42 heavy (non-hydrogen) atoms. The van der Waals surface area contributed by atoms with Crippen LogP contribution in [0.15, 0.2) is 110 Å². The molecule has 0 aliphatic heterocycles. The second kappa shape index (κ2) is 11.0.